The number of nitrogens with zero attached hydrogens (tertiary/aromatic N) is 4. The van der Waals surface area contributed by atoms with Crippen LogP contribution in [-0.2, 0) is 6.54 Å². The molecule has 0 aliphatic rings. The van der Waals surface area contributed by atoms with Crippen LogP contribution >= 0.6 is 0 Å². The Kier molecular flexibility index (Phi) is 2.85. The van der Waals surface area contributed by atoms with Gasteiger partial charge in [0.05, 0.1) is 11.8 Å². The standard InChI is InChI=1S/C11H15N5/c1-4-16-7-9(6-13-16)11-14-8(2)5-10(12-3)15-11/h5-7H,4H2,1-3H3,(H,12,14,15). The summed E-state index contributed by atoms with van der Waals surface area (Å²) in [5, 5.41) is 7.23. The van der Waals surface area contributed by atoms with Crippen LogP contribution < -0.4 is 5.32 Å². The molecule has 0 spiro atoms. The molecular formula is C11H15N5. The molecule has 5 nitrogen and oxygen atoms in total. The maximum absolute atomic E-state index is 4.40. The number of hydrogen-bond donors (Lipinski definition) is 1. The van der Waals surface area contributed by atoms with E-state index >= 15 is 0 Å². The van der Waals surface area contributed by atoms with Crippen LogP contribution in [-0.4, -0.2) is 26.8 Å². The Bertz CT molecular complexity index is 489. The summed E-state index contributed by atoms with van der Waals surface area (Å²) in [4.78, 5) is 8.79. The van der Waals surface area contributed by atoms with Crippen molar-refractivity contribution in [1.82, 2.24) is 19.7 Å². The first-order valence-corrected chi connectivity index (χ1v) is 5.29. The summed E-state index contributed by atoms with van der Waals surface area (Å²) >= 11 is 0. The molecule has 0 aromatic carbocycles. The van der Waals surface area contributed by atoms with Gasteiger partial charge in [-0.05, 0) is 13.8 Å². The van der Waals surface area contributed by atoms with E-state index in [9.17, 15) is 0 Å². The van der Waals surface area contributed by atoms with E-state index in [2.05, 4.69) is 20.4 Å². The second kappa shape index (κ2) is 4.30. The quantitative estimate of drug-likeness (QED) is 0.850. The fourth-order valence-corrected chi connectivity index (χ4v) is 1.48. The molecule has 2 rings (SSSR count). The molecule has 0 saturated carbocycles. The van der Waals surface area contributed by atoms with E-state index in [0.717, 1.165) is 23.6 Å². The van der Waals surface area contributed by atoms with Gasteiger partial charge in [-0.25, -0.2) is 9.97 Å². The zero-order valence-electron chi connectivity index (χ0n) is 9.73. The molecule has 0 atom stereocenters. The summed E-state index contributed by atoms with van der Waals surface area (Å²) < 4.78 is 1.86. The lowest BCUT2D eigenvalue weighted by Crippen LogP contribution is -1.98. The topological polar surface area (TPSA) is 55.6 Å². The van der Waals surface area contributed by atoms with Crippen molar-refractivity contribution < 1.29 is 0 Å². The normalized spacial score (nSPS) is 10.4. The van der Waals surface area contributed by atoms with Crippen molar-refractivity contribution in [3.05, 3.63) is 24.2 Å². The Balaban J connectivity index is 2.42. The van der Waals surface area contributed by atoms with Crippen LogP contribution in [0.15, 0.2) is 18.5 Å². The molecule has 0 bridgehead atoms. The summed E-state index contributed by atoms with van der Waals surface area (Å²) in [7, 11) is 1.85. The molecule has 1 N–H and O–H groups in total. The van der Waals surface area contributed by atoms with Crippen molar-refractivity contribution in [1.29, 1.82) is 0 Å². The van der Waals surface area contributed by atoms with Crippen LogP contribution in [0.2, 0.25) is 0 Å². The van der Waals surface area contributed by atoms with Gasteiger partial charge in [0.25, 0.3) is 0 Å². The largest absolute Gasteiger partial charge is 0.373 e. The van der Waals surface area contributed by atoms with E-state index in [1.807, 2.05) is 37.8 Å². The molecule has 0 aliphatic carbocycles. The molecule has 5 heteroatoms. The van der Waals surface area contributed by atoms with Gasteiger partial charge in [0.1, 0.15) is 5.82 Å². The van der Waals surface area contributed by atoms with Crippen molar-refractivity contribution in [2.45, 2.75) is 20.4 Å². The number of nitrogens with one attached hydrogen (secondary N) is 1. The molecular weight excluding hydrogens is 202 g/mol. The number of rotatable bonds is 3. The fraction of sp³-hybridized carbons (Fsp3) is 0.364. The number of anilines is 1. The highest BCUT2D eigenvalue weighted by Crippen LogP contribution is 2.16. The van der Waals surface area contributed by atoms with Gasteiger partial charge in [0.2, 0.25) is 0 Å². The van der Waals surface area contributed by atoms with Crippen molar-refractivity contribution >= 4 is 5.82 Å². The zero-order chi connectivity index (χ0) is 11.5. The highest BCUT2D eigenvalue weighted by molar-refractivity contribution is 5.55. The maximum Gasteiger partial charge on any atom is 0.164 e. The molecule has 2 aromatic rings. The maximum atomic E-state index is 4.40. The monoisotopic (exact) mass is 217 g/mol. The summed E-state index contributed by atoms with van der Waals surface area (Å²) in [5.74, 6) is 1.54. The van der Waals surface area contributed by atoms with Crippen LogP contribution in [0.25, 0.3) is 11.4 Å². The number of aryl methyl sites for hydroxylation is 2. The predicted octanol–water partition coefficient (Wildman–Crippen LogP) is 1.71. The summed E-state index contributed by atoms with van der Waals surface area (Å²) in [5.41, 5.74) is 1.89. The van der Waals surface area contributed by atoms with E-state index in [-0.39, 0.29) is 0 Å². The molecule has 2 heterocycles. The highest BCUT2D eigenvalue weighted by Gasteiger charge is 2.06. The van der Waals surface area contributed by atoms with E-state index in [1.165, 1.54) is 0 Å². The lowest BCUT2D eigenvalue weighted by atomic mass is 10.3. The Labute approximate surface area is 94.5 Å². The predicted molar refractivity (Wildman–Crippen MR) is 63.2 cm³/mol. The molecule has 0 saturated heterocycles. The van der Waals surface area contributed by atoms with E-state index in [1.54, 1.807) is 6.20 Å². The molecule has 0 amide bonds. The van der Waals surface area contributed by atoms with Gasteiger partial charge in [-0.3, -0.25) is 4.68 Å². The van der Waals surface area contributed by atoms with E-state index in [0.29, 0.717) is 5.82 Å². The minimum atomic E-state index is 0.712. The molecule has 0 unspecified atom stereocenters. The van der Waals surface area contributed by atoms with Gasteiger partial charge in [0.15, 0.2) is 5.82 Å². The lowest BCUT2D eigenvalue weighted by molar-refractivity contribution is 0.660. The smallest absolute Gasteiger partial charge is 0.164 e. The van der Waals surface area contributed by atoms with E-state index < -0.39 is 0 Å². The first-order chi connectivity index (χ1) is 7.72. The number of hydrogen-bond acceptors (Lipinski definition) is 4. The van der Waals surface area contributed by atoms with Gasteiger partial charge >= 0.3 is 0 Å². The Morgan fingerprint density at radius 1 is 1.38 bits per heavy atom. The average molecular weight is 217 g/mol. The second-order valence-corrected chi connectivity index (χ2v) is 3.55. The molecule has 0 radical (unpaired) electrons. The van der Waals surface area contributed by atoms with Gasteiger partial charge in [-0.2, -0.15) is 5.10 Å². The van der Waals surface area contributed by atoms with Gasteiger partial charge in [-0.1, -0.05) is 0 Å². The van der Waals surface area contributed by atoms with Gasteiger partial charge in [0, 0.05) is 31.5 Å². The minimum Gasteiger partial charge on any atom is -0.373 e. The molecule has 84 valence electrons. The molecule has 16 heavy (non-hydrogen) atoms. The van der Waals surface area contributed by atoms with Crippen molar-refractivity contribution in [2.75, 3.05) is 12.4 Å². The Morgan fingerprint density at radius 2 is 2.19 bits per heavy atom. The van der Waals surface area contributed by atoms with Crippen molar-refractivity contribution in [3.63, 3.8) is 0 Å². The van der Waals surface area contributed by atoms with Crippen LogP contribution in [0.3, 0.4) is 0 Å². The SMILES string of the molecule is CCn1cc(-c2nc(C)cc(NC)n2)cn1. The Morgan fingerprint density at radius 3 is 2.81 bits per heavy atom. The van der Waals surface area contributed by atoms with Crippen LogP contribution in [0.1, 0.15) is 12.6 Å². The first-order valence-electron chi connectivity index (χ1n) is 5.29. The summed E-state index contributed by atoms with van der Waals surface area (Å²) in [6, 6.07) is 1.91. The van der Waals surface area contributed by atoms with Crippen LogP contribution in [0.4, 0.5) is 5.82 Å². The molecule has 0 aliphatic heterocycles. The van der Waals surface area contributed by atoms with Crippen LogP contribution in [0, 0.1) is 6.92 Å². The molecule has 2 aromatic heterocycles. The van der Waals surface area contributed by atoms with Crippen molar-refractivity contribution in [3.8, 4) is 11.4 Å². The van der Waals surface area contributed by atoms with Crippen LogP contribution in [0.5, 0.6) is 0 Å². The third kappa shape index (κ3) is 2.03. The second-order valence-electron chi connectivity index (χ2n) is 3.55. The van der Waals surface area contributed by atoms with Crippen molar-refractivity contribution in [2.24, 2.45) is 0 Å². The average Bonchev–Trinajstić information content (AvgIpc) is 2.76. The fourth-order valence-electron chi connectivity index (χ4n) is 1.48. The highest BCUT2D eigenvalue weighted by atomic mass is 15.3. The minimum absolute atomic E-state index is 0.712. The third-order valence-corrected chi connectivity index (χ3v) is 2.33. The Hall–Kier alpha value is -1.91. The third-order valence-electron chi connectivity index (χ3n) is 2.33. The van der Waals surface area contributed by atoms with Gasteiger partial charge < -0.3 is 5.32 Å². The van der Waals surface area contributed by atoms with Gasteiger partial charge in [-0.15, -0.1) is 0 Å². The summed E-state index contributed by atoms with van der Waals surface area (Å²) in [6.45, 7) is 4.86. The lowest BCUT2D eigenvalue weighted by Gasteiger charge is -2.03. The van der Waals surface area contributed by atoms with E-state index in [4.69, 9.17) is 0 Å². The summed E-state index contributed by atoms with van der Waals surface area (Å²) in [6.07, 6.45) is 3.74. The first kappa shape index (κ1) is 10.6. The molecule has 0 fully saturated rings. The number of aromatic nitrogens is 4. The zero-order valence-corrected chi connectivity index (χ0v) is 9.73.